The Hall–Kier alpha value is -2.67. The monoisotopic (exact) mass is 408 g/mol. The number of carbonyl (C=O) groups is 1. The molecule has 7 nitrogen and oxygen atoms in total. The first-order valence-electron chi connectivity index (χ1n) is 10.9. The summed E-state index contributed by atoms with van der Waals surface area (Å²) < 4.78 is 0. The third kappa shape index (κ3) is 4.56. The molecular formula is C23H32N6O. The number of anilines is 1. The highest BCUT2D eigenvalue weighted by Crippen LogP contribution is 2.34. The van der Waals surface area contributed by atoms with E-state index in [1.807, 2.05) is 43.6 Å². The number of fused-ring (bicyclic) bond motifs is 2. The summed E-state index contributed by atoms with van der Waals surface area (Å²) in [6, 6.07) is 10.7. The standard InChI is InChI=1S/C23H32N6O/c1-3-9-29-15-19(26-23(30)28(2)14-16-7-5-4-6-8-16)10-17-11-20-18(12-21(17)29)13-25-22(24)27-20/h4-8,13,17,19,21H,3,9-12,14-15H2,1-2H3,(H,26,30)(H2,24,25,27)/t17-,19+,21-/m1/s1. The normalized spacial score (nSPS) is 23.3. The summed E-state index contributed by atoms with van der Waals surface area (Å²) in [7, 11) is 1.86. The Morgan fingerprint density at radius 2 is 2.10 bits per heavy atom. The molecule has 0 radical (unpaired) electrons. The molecule has 2 aromatic rings. The fourth-order valence-corrected chi connectivity index (χ4v) is 4.97. The molecule has 1 saturated heterocycles. The molecule has 7 heteroatoms. The molecule has 1 aliphatic carbocycles. The molecule has 2 aliphatic rings. The number of rotatable bonds is 5. The summed E-state index contributed by atoms with van der Waals surface area (Å²) in [6.45, 7) is 4.75. The number of aromatic nitrogens is 2. The highest BCUT2D eigenvalue weighted by molar-refractivity contribution is 5.74. The van der Waals surface area contributed by atoms with Crippen LogP contribution in [0.2, 0.25) is 0 Å². The molecule has 0 unspecified atom stereocenters. The van der Waals surface area contributed by atoms with E-state index in [2.05, 4.69) is 27.1 Å². The van der Waals surface area contributed by atoms with Gasteiger partial charge in [-0.1, -0.05) is 37.3 Å². The lowest BCUT2D eigenvalue weighted by atomic mass is 9.76. The molecule has 3 atom stereocenters. The van der Waals surface area contributed by atoms with Gasteiger partial charge in [0.05, 0.1) is 0 Å². The minimum absolute atomic E-state index is 0.0125. The largest absolute Gasteiger partial charge is 0.368 e. The quantitative estimate of drug-likeness (QED) is 0.794. The zero-order valence-electron chi connectivity index (χ0n) is 17.9. The zero-order valence-corrected chi connectivity index (χ0v) is 17.9. The van der Waals surface area contributed by atoms with Crippen molar-refractivity contribution in [3.63, 3.8) is 0 Å². The van der Waals surface area contributed by atoms with Gasteiger partial charge in [0.25, 0.3) is 0 Å². The smallest absolute Gasteiger partial charge is 0.317 e. The second-order valence-corrected chi connectivity index (χ2v) is 8.65. The van der Waals surface area contributed by atoms with Gasteiger partial charge in [-0.25, -0.2) is 14.8 Å². The predicted molar refractivity (Wildman–Crippen MR) is 118 cm³/mol. The minimum Gasteiger partial charge on any atom is -0.368 e. The molecule has 2 amide bonds. The van der Waals surface area contributed by atoms with Gasteiger partial charge in [-0.15, -0.1) is 0 Å². The topological polar surface area (TPSA) is 87.4 Å². The number of nitrogens with zero attached hydrogens (tertiary/aromatic N) is 4. The second-order valence-electron chi connectivity index (χ2n) is 8.65. The van der Waals surface area contributed by atoms with Crippen LogP contribution in [0.1, 0.15) is 36.6 Å². The molecule has 0 saturated carbocycles. The minimum atomic E-state index is -0.0125. The number of carbonyl (C=O) groups excluding carboxylic acids is 1. The van der Waals surface area contributed by atoms with Gasteiger partial charge in [0.15, 0.2) is 0 Å². The van der Waals surface area contributed by atoms with Crippen LogP contribution < -0.4 is 11.1 Å². The van der Waals surface area contributed by atoms with E-state index in [0.29, 0.717) is 24.5 Å². The van der Waals surface area contributed by atoms with Crippen molar-refractivity contribution in [2.45, 2.75) is 51.2 Å². The van der Waals surface area contributed by atoms with Gasteiger partial charge in [0, 0.05) is 44.1 Å². The summed E-state index contributed by atoms with van der Waals surface area (Å²) in [5, 5.41) is 3.28. The summed E-state index contributed by atoms with van der Waals surface area (Å²) in [5.74, 6) is 0.817. The number of hydrogen-bond acceptors (Lipinski definition) is 5. The average Bonchev–Trinajstić information content (AvgIpc) is 2.73. The highest BCUT2D eigenvalue weighted by Gasteiger charge is 2.40. The Kier molecular flexibility index (Phi) is 6.18. The maximum absolute atomic E-state index is 12.8. The van der Waals surface area contributed by atoms with E-state index in [1.165, 1.54) is 5.56 Å². The Labute approximate surface area is 178 Å². The van der Waals surface area contributed by atoms with Crippen molar-refractivity contribution in [3.05, 3.63) is 53.3 Å². The zero-order chi connectivity index (χ0) is 21.1. The first-order chi connectivity index (χ1) is 14.5. The number of piperidine rings is 1. The highest BCUT2D eigenvalue weighted by atomic mass is 16.2. The van der Waals surface area contributed by atoms with Crippen LogP contribution in [0.25, 0.3) is 0 Å². The molecule has 3 N–H and O–H groups in total. The van der Waals surface area contributed by atoms with Crippen molar-refractivity contribution in [3.8, 4) is 0 Å². The number of urea groups is 1. The maximum Gasteiger partial charge on any atom is 0.317 e. The van der Waals surface area contributed by atoms with E-state index in [4.69, 9.17) is 5.73 Å². The lowest BCUT2D eigenvalue weighted by Crippen LogP contribution is -2.59. The molecule has 4 rings (SSSR count). The Bertz CT molecular complexity index is 873. The van der Waals surface area contributed by atoms with E-state index in [9.17, 15) is 4.79 Å². The molecule has 1 fully saturated rings. The van der Waals surface area contributed by atoms with Crippen molar-refractivity contribution >= 4 is 12.0 Å². The molecule has 1 aliphatic heterocycles. The van der Waals surface area contributed by atoms with E-state index >= 15 is 0 Å². The molecule has 1 aromatic carbocycles. The number of nitrogens with two attached hydrogens (primary N) is 1. The lowest BCUT2D eigenvalue weighted by Gasteiger charge is -2.47. The van der Waals surface area contributed by atoms with Crippen LogP contribution >= 0.6 is 0 Å². The SMILES string of the molecule is CCCN1C[C@@H](NC(=O)N(C)Cc2ccccc2)C[C@@H]2Cc3nc(N)ncc3C[C@H]21. The van der Waals surface area contributed by atoms with Crippen LogP contribution in [0, 0.1) is 5.92 Å². The summed E-state index contributed by atoms with van der Waals surface area (Å²) in [5.41, 5.74) is 9.25. The van der Waals surface area contributed by atoms with Crippen molar-refractivity contribution < 1.29 is 4.79 Å². The van der Waals surface area contributed by atoms with Crippen LogP contribution in [0.3, 0.4) is 0 Å². The third-order valence-electron chi connectivity index (χ3n) is 6.36. The number of nitrogens with one attached hydrogen (secondary N) is 1. The van der Waals surface area contributed by atoms with Crippen molar-refractivity contribution in [1.29, 1.82) is 0 Å². The summed E-state index contributed by atoms with van der Waals surface area (Å²) >= 11 is 0. The predicted octanol–water partition coefficient (Wildman–Crippen LogP) is 2.47. The maximum atomic E-state index is 12.8. The molecule has 0 bridgehead atoms. The van der Waals surface area contributed by atoms with Gasteiger partial charge in [-0.05, 0) is 49.3 Å². The Morgan fingerprint density at radius 1 is 1.30 bits per heavy atom. The van der Waals surface area contributed by atoms with Crippen LogP contribution in [0.4, 0.5) is 10.7 Å². The van der Waals surface area contributed by atoms with Crippen LogP contribution in [-0.4, -0.2) is 58.0 Å². The summed E-state index contributed by atoms with van der Waals surface area (Å²) in [4.78, 5) is 25.8. The average molecular weight is 409 g/mol. The molecule has 0 spiro atoms. The molecule has 2 heterocycles. The number of hydrogen-bond donors (Lipinski definition) is 2. The van der Waals surface area contributed by atoms with Crippen LogP contribution in [0.15, 0.2) is 36.5 Å². The van der Waals surface area contributed by atoms with E-state index in [1.54, 1.807) is 4.90 Å². The Balaban J connectivity index is 1.43. The van der Waals surface area contributed by atoms with Crippen molar-refractivity contribution in [2.75, 3.05) is 25.9 Å². The van der Waals surface area contributed by atoms with E-state index < -0.39 is 0 Å². The molecule has 1 aromatic heterocycles. The molecule has 160 valence electrons. The fraction of sp³-hybridized carbons (Fsp3) is 0.522. The van der Waals surface area contributed by atoms with Gasteiger partial charge in [0.1, 0.15) is 0 Å². The van der Waals surface area contributed by atoms with Crippen LogP contribution in [0.5, 0.6) is 0 Å². The van der Waals surface area contributed by atoms with Gasteiger partial charge in [-0.3, -0.25) is 4.90 Å². The van der Waals surface area contributed by atoms with Gasteiger partial charge < -0.3 is 16.0 Å². The number of nitrogen functional groups attached to an aromatic ring is 1. The van der Waals surface area contributed by atoms with E-state index in [0.717, 1.165) is 50.0 Å². The van der Waals surface area contributed by atoms with E-state index in [-0.39, 0.29) is 12.1 Å². The molecular weight excluding hydrogens is 376 g/mol. The summed E-state index contributed by atoms with van der Waals surface area (Å²) in [6.07, 6.45) is 5.83. The molecule has 30 heavy (non-hydrogen) atoms. The van der Waals surface area contributed by atoms with Gasteiger partial charge >= 0.3 is 6.03 Å². The van der Waals surface area contributed by atoms with Gasteiger partial charge in [0.2, 0.25) is 5.95 Å². The van der Waals surface area contributed by atoms with Crippen molar-refractivity contribution in [1.82, 2.24) is 25.1 Å². The number of likely N-dealkylation sites (tertiary alicyclic amines) is 1. The second kappa shape index (κ2) is 9.00. The van der Waals surface area contributed by atoms with Gasteiger partial charge in [-0.2, -0.15) is 0 Å². The number of amides is 2. The number of benzene rings is 1. The fourth-order valence-electron chi connectivity index (χ4n) is 4.97. The first kappa shape index (κ1) is 20.6. The first-order valence-corrected chi connectivity index (χ1v) is 10.9. The lowest BCUT2D eigenvalue weighted by molar-refractivity contribution is 0.0628. The van der Waals surface area contributed by atoms with Crippen LogP contribution in [-0.2, 0) is 19.4 Å². The Morgan fingerprint density at radius 3 is 2.87 bits per heavy atom. The third-order valence-corrected chi connectivity index (χ3v) is 6.36. The van der Waals surface area contributed by atoms with Crippen molar-refractivity contribution in [2.24, 2.45) is 5.92 Å².